The van der Waals surface area contributed by atoms with E-state index in [1.165, 1.54) is 0 Å². The molecule has 0 amide bonds. The first-order valence-corrected chi connectivity index (χ1v) is 6.83. The smallest absolute Gasteiger partial charge is 0.225 e. The van der Waals surface area contributed by atoms with Gasteiger partial charge in [0.2, 0.25) is 5.95 Å². The molecule has 6 nitrogen and oxygen atoms in total. The van der Waals surface area contributed by atoms with Gasteiger partial charge in [-0.3, -0.25) is 5.10 Å². The summed E-state index contributed by atoms with van der Waals surface area (Å²) in [5.74, 6) is 0.612. The Labute approximate surface area is 109 Å². The van der Waals surface area contributed by atoms with Gasteiger partial charge in [-0.2, -0.15) is 10.1 Å². The van der Waals surface area contributed by atoms with Crippen LogP contribution in [0.25, 0.3) is 11.0 Å². The van der Waals surface area contributed by atoms with Crippen LogP contribution in [0.1, 0.15) is 13.3 Å². The number of anilines is 1. The number of hydrogen-bond acceptors (Lipinski definition) is 6. The van der Waals surface area contributed by atoms with Crippen molar-refractivity contribution in [1.82, 2.24) is 20.2 Å². The standard InChI is InChI=1S/C11H15N5OS/c1-6-8(3-4-17-6)18-10-7-5-13-16-9(7)14-11(12-2)15-10/h5-6,8H,3-4H2,1-2H3,(H2,12,13,14,15,16). The molecule has 3 rings (SSSR count). The lowest BCUT2D eigenvalue weighted by Gasteiger charge is -2.13. The van der Waals surface area contributed by atoms with Gasteiger partial charge in [-0.05, 0) is 13.3 Å². The van der Waals surface area contributed by atoms with Crippen LogP contribution in [0.4, 0.5) is 5.95 Å². The third kappa shape index (κ3) is 2.04. The Kier molecular flexibility index (Phi) is 3.09. The number of ether oxygens (including phenoxy) is 1. The number of fused-ring (bicyclic) bond motifs is 1. The number of nitrogens with one attached hydrogen (secondary N) is 2. The summed E-state index contributed by atoms with van der Waals surface area (Å²) in [6.07, 6.45) is 3.10. The maximum Gasteiger partial charge on any atom is 0.225 e. The molecule has 3 heterocycles. The highest BCUT2D eigenvalue weighted by molar-refractivity contribution is 8.00. The van der Waals surface area contributed by atoms with Crippen molar-refractivity contribution in [3.05, 3.63) is 6.20 Å². The zero-order valence-corrected chi connectivity index (χ0v) is 11.1. The molecule has 96 valence electrons. The van der Waals surface area contributed by atoms with Gasteiger partial charge in [-0.25, -0.2) is 4.98 Å². The van der Waals surface area contributed by atoms with Gasteiger partial charge in [0.25, 0.3) is 0 Å². The fourth-order valence-electron chi connectivity index (χ4n) is 2.02. The summed E-state index contributed by atoms with van der Waals surface area (Å²) in [6, 6.07) is 0. The summed E-state index contributed by atoms with van der Waals surface area (Å²) in [5.41, 5.74) is 0.767. The van der Waals surface area contributed by atoms with Crippen molar-refractivity contribution in [3.8, 4) is 0 Å². The first kappa shape index (κ1) is 11.7. The number of aromatic nitrogens is 4. The number of thioether (sulfide) groups is 1. The van der Waals surface area contributed by atoms with Crippen molar-refractivity contribution in [2.75, 3.05) is 19.0 Å². The number of nitrogens with zero attached hydrogens (tertiary/aromatic N) is 3. The Hall–Kier alpha value is -1.34. The van der Waals surface area contributed by atoms with Gasteiger partial charge in [0.15, 0.2) is 5.65 Å². The highest BCUT2D eigenvalue weighted by atomic mass is 32.2. The van der Waals surface area contributed by atoms with Gasteiger partial charge >= 0.3 is 0 Å². The SMILES string of the molecule is CNc1nc(SC2CCOC2C)c2cn[nH]c2n1. The van der Waals surface area contributed by atoms with E-state index in [4.69, 9.17) is 4.74 Å². The van der Waals surface area contributed by atoms with Crippen LogP contribution in [0.5, 0.6) is 0 Å². The van der Waals surface area contributed by atoms with Gasteiger partial charge in [0, 0.05) is 18.9 Å². The van der Waals surface area contributed by atoms with Crippen LogP contribution in [0.3, 0.4) is 0 Å². The van der Waals surface area contributed by atoms with Crippen molar-refractivity contribution < 1.29 is 4.74 Å². The van der Waals surface area contributed by atoms with Crippen LogP contribution in [0.15, 0.2) is 11.2 Å². The maximum atomic E-state index is 5.58. The molecular formula is C11H15N5OS. The molecule has 2 N–H and O–H groups in total. The molecule has 1 fully saturated rings. The minimum Gasteiger partial charge on any atom is -0.377 e. The molecule has 0 saturated carbocycles. The monoisotopic (exact) mass is 265 g/mol. The van der Waals surface area contributed by atoms with Gasteiger partial charge in [-0.1, -0.05) is 11.8 Å². The quantitative estimate of drug-likeness (QED) is 0.822. The molecule has 18 heavy (non-hydrogen) atoms. The molecule has 0 spiro atoms. The van der Waals surface area contributed by atoms with Gasteiger partial charge in [-0.15, -0.1) is 0 Å². The predicted octanol–water partition coefficient (Wildman–Crippen LogP) is 1.66. The first-order chi connectivity index (χ1) is 8.78. The molecule has 1 saturated heterocycles. The van der Waals surface area contributed by atoms with Crippen LogP contribution in [-0.4, -0.2) is 45.2 Å². The van der Waals surface area contributed by atoms with E-state index in [0.717, 1.165) is 29.1 Å². The zero-order valence-electron chi connectivity index (χ0n) is 10.3. The fraction of sp³-hybridized carbons (Fsp3) is 0.545. The van der Waals surface area contributed by atoms with Crippen LogP contribution >= 0.6 is 11.8 Å². The average Bonchev–Trinajstić information content (AvgIpc) is 2.98. The van der Waals surface area contributed by atoms with E-state index < -0.39 is 0 Å². The van der Waals surface area contributed by atoms with E-state index in [-0.39, 0.29) is 6.10 Å². The highest BCUT2D eigenvalue weighted by Gasteiger charge is 2.26. The Morgan fingerprint density at radius 3 is 3.11 bits per heavy atom. The van der Waals surface area contributed by atoms with Crippen LogP contribution in [0.2, 0.25) is 0 Å². The molecule has 2 aromatic rings. The first-order valence-electron chi connectivity index (χ1n) is 5.95. The summed E-state index contributed by atoms with van der Waals surface area (Å²) in [5, 5.41) is 12.3. The lowest BCUT2D eigenvalue weighted by Crippen LogP contribution is -2.13. The van der Waals surface area contributed by atoms with Crippen LogP contribution in [-0.2, 0) is 4.74 Å². The lowest BCUT2D eigenvalue weighted by atomic mass is 10.3. The Morgan fingerprint density at radius 1 is 1.50 bits per heavy atom. The summed E-state index contributed by atoms with van der Waals surface area (Å²) in [7, 11) is 1.81. The number of aromatic amines is 1. The van der Waals surface area contributed by atoms with E-state index in [0.29, 0.717) is 11.2 Å². The van der Waals surface area contributed by atoms with Gasteiger partial charge in [0.1, 0.15) is 5.03 Å². The summed E-state index contributed by atoms with van der Waals surface area (Å²) < 4.78 is 5.58. The summed E-state index contributed by atoms with van der Waals surface area (Å²) in [6.45, 7) is 2.94. The van der Waals surface area contributed by atoms with E-state index in [9.17, 15) is 0 Å². The molecule has 2 aromatic heterocycles. The van der Waals surface area contributed by atoms with Crippen molar-refractivity contribution >= 4 is 28.7 Å². The lowest BCUT2D eigenvalue weighted by molar-refractivity contribution is 0.127. The second-order valence-electron chi connectivity index (χ2n) is 4.26. The molecule has 0 aromatic carbocycles. The average molecular weight is 265 g/mol. The number of rotatable bonds is 3. The molecule has 2 unspecified atom stereocenters. The topological polar surface area (TPSA) is 75.7 Å². The van der Waals surface area contributed by atoms with Crippen molar-refractivity contribution in [2.45, 2.75) is 29.7 Å². The summed E-state index contributed by atoms with van der Waals surface area (Å²) >= 11 is 1.75. The molecule has 1 aliphatic rings. The van der Waals surface area contributed by atoms with Crippen molar-refractivity contribution in [2.24, 2.45) is 0 Å². The minimum atomic E-state index is 0.268. The molecular weight excluding hydrogens is 250 g/mol. The Morgan fingerprint density at radius 2 is 2.39 bits per heavy atom. The van der Waals surface area contributed by atoms with Crippen LogP contribution < -0.4 is 5.32 Å². The van der Waals surface area contributed by atoms with E-state index in [1.54, 1.807) is 18.0 Å². The predicted molar refractivity (Wildman–Crippen MR) is 70.9 cm³/mol. The molecule has 0 aliphatic carbocycles. The third-order valence-electron chi connectivity index (χ3n) is 3.07. The maximum absolute atomic E-state index is 5.58. The Balaban J connectivity index is 1.96. The molecule has 1 aliphatic heterocycles. The number of H-pyrrole nitrogens is 1. The van der Waals surface area contributed by atoms with Crippen LogP contribution in [0, 0.1) is 0 Å². The van der Waals surface area contributed by atoms with Crippen molar-refractivity contribution in [1.29, 1.82) is 0 Å². The number of hydrogen-bond donors (Lipinski definition) is 2. The van der Waals surface area contributed by atoms with Gasteiger partial charge in [0.05, 0.1) is 17.7 Å². The molecule has 0 bridgehead atoms. The normalized spacial score (nSPS) is 23.7. The van der Waals surface area contributed by atoms with Gasteiger partial charge < -0.3 is 10.1 Å². The van der Waals surface area contributed by atoms with Crippen molar-refractivity contribution in [3.63, 3.8) is 0 Å². The second-order valence-corrected chi connectivity index (χ2v) is 5.48. The molecule has 2 atom stereocenters. The third-order valence-corrected chi connectivity index (χ3v) is 4.52. The second kappa shape index (κ2) is 4.74. The Bertz CT molecular complexity index is 557. The molecule has 7 heteroatoms. The minimum absolute atomic E-state index is 0.268. The van der Waals surface area contributed by atoms with E-state index in [2.05, 4.69) is 32.4 Å². The zero-order chi connectivity index (χ0) is 12.5. The summed E-state index contributed by atoms with van der Waals surface area (Å²) in [4.78, 5) is 8.84. The highest BCUT2D eigenvalue weighted by Crippen LogP contribution is 2.34. The van der Waals surface area contributed by atoms with E-state index >= 15 is 0 Å². The largest absolute Gasteiger partial charge is 0.377 e. The molecule has 0 radical (unpaired) electrons. The fourth-order valence-corrected chi connectivity index (χ4v) is 3.21. The van der Waals surface area contributed by atoms with E-state index in [1.807, 2.05) is 7.05 Å².